The van der Waals surface area contributed by atoms with Gasteiger partial charge in [0.2, 0.25) is 0 Å². The molecule has 1 aliphatic rings. The molecular weight excluding hydrogens is 236 g/mol. The summed E-state index contributed by atoms with van der Waals surface area (Å²) < 4.78 is 24.7. The fourth-order valence-corrected chi connectivity index (χ4v) is 4.43. The van der Waals surface area contributed by atoms with Gasteiger partial charge in [0.1, 0.15) is 0 Å². The van der Waals surface area contributed by atoms with Crippen molar-refractivity contribution in [2.75, 3.05) is 0 Å². The van der Waals surface area contributed by atoms with E-state index in [0.717, 1.165) is 5.56 Å². The van der Waals surface area contributed by atoms with E-state index in [0.29, 0.717) is 11.1 Å². The van der Waals surface area contributed by atoms with Gasteiger partial charge in [-0.15, -0.1) is 0 Å². The second kappa shape index (κ2) is 3.67. The highest BCUT2D eigenvalue weighted by Crippen LogP contribution is 2.35. The molecule has 0 radical (unpaired) electrons. The minimum Gasteiger partial charge on any atom is -0.294 e. The lowest BCUT2D eigenvalue weighted by Crippen LogP contribution is -2.37. The number of carbonyl (C=O) groups is 1. The first-order chi connectivity index (χ1) is 7.76. The maximum Gasteiger partial charge on any atom is 0.182 e. The summed E-state index contributed by atoms with van der Waals surface area (Å²) in [6.07, 6.45) is 0. The minimum atomic E-state index is -3.37. The molecule has 92 valence electrons. The van der Waals surface area contributed by atoms with Gasteiger partial charge < -0.3 is 0 Å². The minimum absolute atomic E-state index is 0.0610. The molecule has 0 aromatic heterocycles. The third-order valence-electron chi connectivity index (χ3n) is 3.58. The maximum atomic E-state index is 12.3. The summed E-state index contributed by atoms with van der Waals surface area (Å²) in [4.78, 5) is 12.4. The highest BCUT2D eigenvalue weighted by molar-refractivity contribution is 7.92. The number of benzene rings is 1. The normalized spacial score (nSPS) is 26.7. The number of Topliss-reactive ketones (excluding diaryl/α,β-unsaturated/α-hetero) is 1. The summed E-state index contributed by atoms with van der Waals surface area (Å²) in [6.45, 7) is 6.92. The van der Waals surface area contributed by atoms with Gasteiger partial charge in [0, 0.05) is 11.5 Å². The molecule has 0 fully saturated rings. The number of hydrogen-bond acceptors (Lipinski definition) is 3. The van der Waals surface area contributed by atoms with Crippen LogP contribution in [0.2, 0.25) is 0 Å². The Morgan fingerprint density at radius 3 is 2.29 bits per heavy atom. The van der Waals surface area contributed by atoms with E-state index in [9.17, 15) is 13.2 Å². The Kier molecular flexibility index (Phi) is 2.65. The fourth-order valence-electron chi connectivity index (χ4n) is 2.43. The largest absolute Gasteiger partial charge is 0.294 e. The van der Waals surface area contributed by atoms with E-state index in [1.54, 1.807) is 26.8 Å². The second-order valence-corrected chi connectivity index (χ2v) is 7.10. The summed E-state index contributed by atoms with van der Waals surface area (Å²) in [7, 11) is -3.37. The molecule has 3 nitrogen and oxygen atoms in total. The summed E-state index contributed by atoms with van der Waals surface area (Å²) in [5.41, 5.74) is 1.96. The average Bonchev–Trinajstić information content (AvgIpc) is 2.22. The van der Waals surface area contributed by atoms with Gasteiger partial charge in [0.25, 0.3) is 0 Å². The van der Waals surface area contributed by atoms with Crippen molar-refractivity contribution in [1.29, 1.82) is 0 Å². The van der Waals surface area contributed by atoms with E-state index >= 15 is 0 Å². The van der Waals surface area contributed by atoms with Gasteiger partial charge in [-0.05, 0) is 32.4 Å². The number of carbonyl (C=O) groups excluding carboxylic acids is 1. The van der Waals surface area contributed by atoms with Crippen molar-refractivity contribution in [3.05, 3.63) is 28.8 Å². The van der Waals surface area contributed by atoms with E-state index < -0.39 is 21.0 Å². The van der Waals surface area contributed by atoms with E-state index in [2.05, 4.69) is 0 Å². The second-order valence-electron chi connectivity index (χ2n) is 4.86. The molecule has 0 saturated heterocycles. The Hall–Kier alpha value is -1.16. The third-order valence-corrected chi connectivity index (χ3v) is 6.07. The van der Waals surface area contributed by atoms with Gasteiger partial charge in [0.15, 0.2) is 15.6 Å². The number of hydrogen-bond donors (Lipinski definition) is 0. The van der Waals surface area contributed by atoms with Gasteiger partial charge in [-0.2, -0.15) is 0 Å². The molecule has 0 amide bonds. The molecule has 0 spiro atoms. The average molecular weight is 252 g/mol. The first-order valence-corrected chi connectivity index (χ1v) is 7.21. The highest BCUT2D eigenvalue weighted by Gasteiger charge is 2.41. The molecule has 0 aliphatic carbocycles. The van der Waals surface area contributed by atoms with Gasteiger partial charge >= 0.3 is 0 Å². The van der Waals surface area contributed by atoms with E-state index in [1.807, 2.05) is 13.0 Å². The number of ketones is 1. The molecule has 4 heteroatoms. The van der Waals surface area contributed by atoms with E-state index in [1.165, 1.54) is 0 Å². The summed E-state index contributed by atoms with van der Waals surface area (Å²) >= 11 is 0. The summed E-state index contributed by atoms with van der Waals surface area (Å²) in [5, 5.41) is -0.635. The van der Waals surface area contributed by atoms with Crippen LogP contribution in [0.25, 0.3) is 0 Å². The van der Waals surface area contributed by atoms with Crippen LogP contribution < -0.4 is 0 Å². The predicted octanol–water partition coefficient (Wildman–Crippen LogP) is 2.30. The number of rotatable bonds is 0. The van der Waals surface area contributed by atoms with Crippen molar-refractivity contribution >= 4 is 15.6 Å². The first-order valence-electron chi connectivity index (χ1n) is 5.66. The van der Waals surface area contributed by atoms with Crippen molar-refractivity contribution in [3.8, 4) is 0 Å². The molecule has 2 unspecified atom stereocenters. The Balaban J connectivity index is 2.88. The molecule has 1 aromatic rings. The molecular formula is C13H16O3S. The van der Waals surface area contributed by atoms with Crippen molar-refractivity contribution in [1.82, 2.24) is 0 Å². The molecule has 0 saturated carbocycles. The van der Waals surface area contributed by atoms with Crippen LogP contribution in [0.4, 0.5) is 0 Å². The summed E-state index contributed by atoms with van der Waals surface area (Å²) in [5.74, 6) is -0.525. The van der Waals surface area contributed by atoms with Crippen LogP contribution in [0.3, 0.4) is 0 Å². The zero-order valence-electron chi connectivity index (χ0n) is 10.4. The van der Waals surface area contributed by atoms with E-state index in [-0.39, 0.29) is 10.7 Å². The van der Waals surface area contributed by atoms with Crippen LogP contribution in [0, 0.1) is 19.8 Å². The van der Waals surface area contributed by atoms with Gasteiger partial charge in [-0.25, -0.2) is 8.42 Å². The zero-order chi connectivity index (χ0) is 13.0. The monoisotopic (exact) mass is 252 g/mol. The molecule has 1 aromatic carbocycles. The predicted molar refractivity (Wildman–Crippen MR) is 66.1 cm³/mol. The smallest absolute Gasteiger partial charge is 0.182 e. The lowest BCUT2D eigenvalue weighted by molar-refractivity contribution is 0.0920. The zero-order valence-corrected chi connectivity index (χ0v) is 11.3. The molecule has 0 bridgehead atoms. The molecule has 0 N–H and O–H groups in total. The SMILES string of the molecule is Cc1cc(C)c2c(c1)C(=O)C(C)C(C)S2(=O)=O. The van der Waals surface area contributed by atoms with Crippen LogP contribution in [0.1, 0.15) is 35.3 Å². The van der Waals surface area contributed by atoms with Crippen molar-refractivity contribution < 1.29 is 13.2 Å². The Morgan fingerprint density at radius 1 is 1.12 bits per heavy atom. The Morgan fingerprint density at radius 2 is 1.71 bits per heavy atom. The van der Waals surface area contributed by atoms with Crippen LogP contribution in [0.15, 0.2) is 17.0 Å². The van der Waals surface area contributed by atoms with Crippen LogP contribution in [0.5, 0.6) is 0 Å². The van der Waals surface area contributed by atoms with Gasteiger partial charge in [-0.1, -0.05) is 18.6 Å². The number of fused-ring (bicyclic) bond motifs is 1. The fraction of sp³-hybridized carbons (Fsp3) is 0.462. The topological polar surface area (TPSA) is 51.2 Å². The van der Waals surface area contributed by atoms with Gasteiger partial charge in [0.05, 0.1) is 10.1 Å². The lowest BCUT2D eigenvalue weighted by atomic mass is 9.93. The quantitative estimate of drug-likeness (QED) is 0.712. The molecule has 17 heavy (non-hydrogen) atoms. The first kappa shape index (κ1) is 12.3. The molecule has 2 rings (SSSR count). The number of sulfone groups is 1. The number of aryl methyl sites for hydroxylation is 2. The standard InChI is InChI=1S/C13H16O3S/c1-7-5-8(2)13-11(6-7)12(14)9(3)10(4)17(13,15)16/h5-6,9-10H,1-4H3. The highest BCUT2D eigenvalue weighted by atomic mass is 32.2. The van der Waals surface area contributed by atoms with Crippen molar-refractivity contribution in [2.24, 2.45) is 5.92 Å². The van der Waals surface area contributed by atoms with Crippen molar-refractivity contribution in [2.45, 2.75) is 37.8 Å². The maximum absolute atomic E-state index is 12.3. The van der Waals surface area contributed by atoms with Crippen LogP contribution in [-0.4, -0.2) is 19.5 Å². The van der Waals surface area contributed by atoms with Crippen LogP contribution >= 0.6 is 0 Å². The Bertz CT molecular complexity index is 599. The Labute approximate surface area is 102 Å². The molecule has 1 heterocycles. The molecule has 2 atom stereocenters. The van der Waals surface area contributed by atoms with Crippen LogP contribution in [-0.2, 0) is 9.84 Å². The van der Waals surface area contributed by atoms with Gasteiger partial charge in [-0.3, -0.25) is 4.79 Å². The van der Waals surface area contributed by atoms with Crippen molar-refractivity contribution in [3.63, 3.8) is 0 Å². The summed E-state index contributed by atoms with van der Waals surface area (Å²) in [6, 6.07) is 3.50. The third kappa shape index (κ3) is 1.62. The molecule has 1 aliphatic heterocycles. The lowest BCUT2D eigenvalue weighted by Gasteiger charge is -2.28. The van der Waals surface area contributed by atoms with E-state index in [4.69, 9.17) is 0 Å².